The van der Waals surface area contributed by atoms with Gasteiger partial charge in [0, 0.05) is 6.54 Å². The Morgan fingerprint density at radius 1 is 1.24 bits per heavy atom. The van der Waals surface area contributed by atoms with Crippen molar-refractivity contribution >= 4 is 17.4 Å². The minimum absolute atomic E-state index is 0.0796. The number of nitrogens with one attached hydrogen (secondary N) is 1. The van der Waals surface area contributed by atoms with Gasteiger partial charge in [0.25, 0.3) is 5.17 Å². The van der Waals surface area contributed by atoms with E-state index in [-0.39, 0.29) is 16.7 Å². The second-order valence-electron chi connectivity index (χ2n) is 5.68. The molecule has 5 atom stereocenters. The SMILES string of the molecule is CCOC(=S)NCc1ccc(OC2OC(C)C(O)C(O)C2O)c(O)c1. The molecule has 5 N–H and O–H groups in total. The van der Waals surface area contributed by atoms with Crippen LogP contribution in [0.15, 0.2) is 18.2 Å². The topological polar surface area (TPSA) is 121 Å². The van der Waals surface area contributed by atoms with Gasteiger partial charge in [0.15, 0.2) is 11.5 Å². The van der Waals surface area contributed by atoms with Crippen molar-refractivity contribution in [3.8, 4) is 11.5 Å². The van der Waals surface area contributed by atoms with E-state index in [4.69, 9.17) is 26.4 Å². The Morgan fingerprint density at radius 3 is 2.60 bits per heavy atom. The maximum absolute atomic E-state index is 10.1. The zero-order valence-electron chi connectivity index (χ0n) is 14.0. The lowest BCUT2D eigenvalue weighted by molar-refractivity contribution is -0.268. The smallest absolute Gasteiger partial charge is 0.256 e. The van der Waals surface area contributed by atoms with Gasteiger partial charge in [0.05, 0.1) is 12.7 Å². The molecule has 1 aromatic carbocycles. The monoisotopic (exact) mass is 373 g/mol. The van der Waals surface area contributed by atoms with Crippen LogP contribution in [0.5, 0.6) is 11.5 Å². The Kier molecular flexibility index (Phi) is 6.79. The number of hydrogen-bond donors (Lipinski definition) is 5. The van der Waals surface area contributed by atoms with Gasteiger partial charge < -0.3 is 40.0 Å². The molecule has 9 heteroatoms. The van der Waals surface area contributed by atoms with Crippen molar-refractivity contribution in [3.05, 3.63) is 23.8 Å². The molecule has 8 nitrogen and oxygen atoms in total. The number of aromatic hydroxyl groups is 1. The number of rotatable bonds is 5. The first-order chi connectivity index (χ1) is 11.8. The van der Waals surface area contributed by atoms with Crippen molar-refractivity contribution < 1.29 is 34.6 Å². The Morgan fingerprint density at radius 2 is 1.96 bits per heavy atom. The van der Waals surface area contributed by atoms with Crippen molar-refractivity contribution in [3.63, 3.8) is 0 Å². The van der Waals surface area contributed by atoms with Crippen LogP contribution in [0.25, 0.3) is 0 Å². The van der Waals surface area contributed by atoms with Crippen LogP contribution in [0.2, 0.25) is 0 Å². The van der Waals surface area contributed by atoms with E-state index in [1.54, 1.807) is 13.0 Å². The fraction of sp³-hybridized carbons (Fsp3) is 0.562. The Labute approximate surface area is 151 Å². The van der Waals surface area contributed by atoms with Crippen LogP contribution in [0.1, 0.15) is 19.4 Å². The standard InChI is InChI=1S/C16H23NO7S/c1-3-22-16(25)17-7-9-4-5-11(10(18)6-9)24-15-14(21)13(20)12(19)8(2)23-15/h4-6,8,12-15,18-21H,3,7H2,1-2H3,(H,17,25). The highest BCUT2D eigenvalue weighted by Gasteiger charge is 2.43. The molecule has 0 aliphatic carbocycles. The van der Waals surface area contributed by atoms with Gasteiger partial charge in [-0.25, -0.2) is 0 Å². The Balaban J connectivity index is 2.00. The summed E-state index contributed by atoms with van der Waals surface area (Å²) < 4.78 is 15.9. The summed E-state index contributed by atoms with van der Waals surface area (Å²) in [5.74, 6) is -0.0818. The maximum Gasteiger partial charge on any atom is 0.256 e. The minimum atomic E-state index is -1.45. The van der Waals surface area contributed by atoms with Crippen molar-refractivity contribution in [2.24, 2.45) is 0 Å². The van der Waals surface area contributed by atoms with Gasteiger partial charge in [-0.1, -0.05) is 6.07 Å². The molecule has 0 aromatic heterocycles. The number of ether oxygens (including phenoxy) is 3. The highest BCUT2D eigenvalue weighted by Crippen LogP contribution is 2.31. The quantitative estimate of drug-likeness (QED) is 0.455. The van der Waals surface area contributed by atoms with Crippen LogP contribution >= 0.6 is 12.2 Å². The third kappa shape index (κ3) is 4.93. The molecule has 1 aromatic rings. The van der Waals surface area contributed by atoms with Crippen molar-refractivity contribution in [2.45, 2.75) is 51.1 Å². The van der Waals surface area contributed by atoms with Crippen LogP contribution in [0.3, 0.4) is 0 Å². The molecule has 0 bridgehead atoms. The van der Waals surface area contributed by atoms with Crippen LogP contribution in [0, 0.1) is 0 Å². The summed E-state index contributed by atoms with van der Waals surface area (Å²) in [5, 5.41) is 42.6. The first-order valence-electron chi connectivity index (χ1n) is 7.92. The van der Waals surface area contributed by atoms with E-state index < -0.39 is 30.7 Å². The lowest BCUT2D eigenvalue weighted by atomic mass is 10.00. The Hall–Kier alpha value is -1.65. The minimum Gasteiger partial charge on any atom is -0.504 e. The van der Waals surface area contributed by atoms with Crippen LogP contribution < -0.4 is 10.1 Å². The van der Waals surface area contributed by atoms with Crippen LogP contribution in [-0.4, -0.2) is 62.9 Å². The summed E-state index contributed by atoms with van der Waals surface area (Å²) in [7, 11) is 0. The molecule has 25 heavy (non-hydrogen) atoms. The second-order valence-corrected chi connectivity index (χ2v) is 6.05. The first kappa shape index (κ1) is 19.7. The maximum atomic E-state index is 10.1. The average molecular weight is 373 g/mol. The molecular formula is C16H23NO7S. The van der Waals surface area contributed by atoms with Gasteiger partial charge in [-0.3, -0.25) is 0 Å². The third-order valence-electron chi connectivity index (χ3n) is 3.79. The van der Waals surface area contributed by atoms with E-state index in [0.717, 1.165) is 5.56 Å². The van der Waals surface area contributed by atoms with Gasteiger partial charge in [-0.2, -0.15) is 0 Å². The van der Waals surface area contributed by atoms with Crippen molar-refractivity contribution in [2.75, 3.05) is 6.61 Å². The van der Waals surface area contributed by atoms with Gasteiger partial charge in [-0.15, -0.1) is 0 Å². The molecule has 140 valence electrons. The number of benzene rings is 1. The summed E-state index contributed by atoms with van der Waals surface area (Å²) in [5.41, 5.74) is 0.737. The summed E-state index contributed by atoms with van der Waals surface area (Å²) in [6, 6.07) is 4.68. The highest BCUT2D eigenvalue weighted by atomic mass is 32.1. The lowest BCUT2D eigenvalue weighted by Gasteiger charge is -2.38. The summed E-state index contributed by atoms with van der Waals surface area (Å²) in [6.07, 6.45) is -6.01. The summed E-state index contributed by atoms with van der Waals surface area (Å²) in [4.78, 5) is 0. The molecule has 1 saturated heterocycles. The molecule has 1 heterocycles. The van der Waals surface area contributed by atoms with Gasteiger partial charge in [0.1, 0.15) is 18.3 Å². The van der Waals surface area contributed by atoms with E-state index in [2.05, 4.69) is 5.32 Å². The zero-order chi connectivity index (χ0) is 18.6. The average Bonchev–Trinajstić information content (AvgIpc) is 2.58. The molecule has 0 radical (unpaired) electrons. The summed E-state index contributed by atoms with van der Waals surface area (Å²) in [6.45, 7) is 4.19. The van der Waals surface area contributed by atoms with Crippen molar-refractivity contribution in [1.82, 2.24) is 5.32 Å². The van der Waals surface area contributed by atoms with E-state index in [0.29, 0.717) is 13.2 Å². The largest absolute Gasteiger partial charge is 0.504 e. The predicted octanol–water partition coefficient (Wildman–Crippen LogP) is 0.00950. The normalized spacial score (nSPS) is 29.1. The van der Waals surface area contributed by atoms with Crippen LogP contribution in [-0.2, 0) is 16.0 Å². The number of phenols is 1. The number of aliphatic hydroxyl groups excluding tert-OH is 3. The summed E-state index contributed by atoms with van der Waals surface area (Å²) >= 11 is 4.95. The number of phenolic OH excluding ortho intramolecular Hbond substituents is 1. The molecule has 0 spiro atoms. The molecule has 0 saturated carbocycles. The molecule has 1 aliphatic rings. The second kappa shape index (κ2) is 8.63. The van der Waals surface area contributed by atoms with E-state index in [1.807, 2.05) is 6.92 Å². The lowest BCUT2D eigenvalue weighted by Crippen LogP contribution is -2.58. The highest BCUT2D eigenvalue weighted by molar-refractivity contribution is 7.80. The van der Waals surface area contributed by atoms with Gasteiger partial charge >= 0.3 is 0 Å². The fourth-order valence-corrected chi connectivity index (χ4v) is 2.55. The zero-order valence-corrected chi connectivity index (χ0v) is 14.8. The Bertz CT molecular complexity index is 600. The molecule has 1 fully saturated rings. The third-order valence-corrected chi connectivity index (χ3v) is 4.05. The molecule has 5 unspecified atom stereocenters. The molecule has 2 rings (SSSR count). The van der Waals surface area contributed by atoms with E-state index in [1.165, 1.54) is 12.1 Å². The van der Waals surface area contributed by atoms with Crippen molar-refractivity contribution in [1.29, 1.82) is 0 Å². The first-order valence-corrected chi connectivity index (χ1v) is 8.33. The fourth-order valence-electron chi connectivity index (χ4n) is 2.36. The number of aliphatic hydroxyl groups is 3. The van der Waals surface area contributed by atoms with Gasteiger partial charge in [-0.05, 0) is 43.8 Å². The number of hydrogen-bond acceptors (Lipinski definition) is 8. The molecule has 1 aliphatic heterocycles. The molecular weight excluding hydrogens is 350 g/mol. The van der Waals surface area contributed by atoms with Crippen LogP contribution in [0.4, 0.5) is 0 Å². The molecule has 0 amide bonds. The predicted molar refractivity (Wildman–Crippen MR) is 92.2 cm³/mol. The van der Waals surface area contributed by atoms with E-state index in [9.17, 15) is 20.4 Å². The van der Waals surface area contributed by atoms with E-state index >= 15 is 0 Å². The number of thiocarbonyl (C=S) groups is 1. The van der Waals surface area contributed by atoms with Gasteiger partial charge in [0.2, 0.25) is 6.29 Å².